The van der Waals surface area contributed by atoms with Crippen LogP contribution in [0.2, 0.25) is 0 Å². The van der Waals surface area contributed by atoms with Crippen LogP contribution in [0.5, 0.6) is 0 Å². The summed E-state index contributed by atoms with van der Waals surface area (Å²) in [7, 11) is -3.70. The third-order valence-electron chi connectivity index (χ3n) is 5.90. The van der Waals surface area contributed by atoms with Crippen molar-refractivity contribution >= 4 is 48.7 Å². The molecule has 0 saturated heterocycles. The van der Waals surface area contributed by atoms with Gasteiger partial charge in [0.2, 0.25) is 0 Å². The summed E-state index contributed by atoms with van der Waals surface area (Å²) in [4.78, 5) is 13.8. The van der Waals surface area contributed by atoms with Gasteiger partial charge in [0.15, 0.2) is 0 Å². The summed E-state index contributed by atoms with van der Waals surface area (Å²) >= 11 is 1.39. The number of hydrogen-bond acceptors (Lipinski definition) is 4. The van der Waals surface area contributed by atoms with E-state index in [1.807, 2.05) is 70.2 Å². The molecule has 0 saturated carbocycles. The number of thiophene rings is 1. The van der Waals surface area contributed by atoms with Gasteiger partial charge < -0.3 is 5.32 Å². The first-order valence-electron chi connectivity index (χ1n) is 11.2. The lowest BCUT2D eigenvalue weighted by atomic mass is 10.1. The van der Waals surface area contributed by atoms with E-state index in [0.717, 1.165) is 32.5 Å². The Morgan fingerprint density at radius 2 is 1.71 bits per heavy atom. The highest BCUT2D eigenvalue weighted by atomic mass is 32.2. The molecule has 5 nitrogen and oxygen atoms in total. The molecule has 1 aromatic heterocycles. The minimum absolute atomic E-state index is 0.172. The summed E-state index contributed by atoms with van der Waals surface area (Å²) in [6.07, 6.45) is 0.677. The Morgan fingerprint density at radius 1 is 0.971 bits per heavy atom. The van der Waals surface area contributed by atoms with E-state index in [0.29, 0.717) is 23.5 Å². The average molecular weight is 493 g/mol. The number of aryl methyl sites for hydroxylation is 2. The number of benzene rings is 3. The molecule has 0 spiro atoms. The Balaban J connectivity index is 1.66. The van der Waals surface area contributed by atoms with Crippen LogP contribution in [-0.2, 0) is 10.0 Å². The second kappa shape index (κ2) is 9.60. The van der Waals surface area contributed by atoms with Gasteiger partial charge in [0.05, 0.1) is 15.5 Å². The van der Waals surface area contributed by atoms with Crippen molar-refractivity contribution in [1.29, 1.82) is 0 Å². The molecule has 0 radical (unpaired) electrons. The summed E-state index contributed by atoms with van der Waals surface area (Å²) < 4.78 is 29.2. The highest BCUT2D eigenvalue weighted by Crippen LogP contribution is 2.32. The number of carbonyl (C=O) groups excluding carboxylic acids is 1. The van der Waals surface area contributed by atoms with E-state index in [2.05, 4.69) is 5.32 Å². The molecule has 7 heteroatoms. The predicted octanol–water partition coefficient (Wildman–Crippen LogP) is 6.68. The Kier molecular flexibility index (Phi) is 6.77. The fourth-order valence-corrected chi connectivity index (χ4v) is 6.28. The molecule has 1 N–H and O–H groups in total. The van der Waals surface area contributed by atoms with Crippen molar-refractivity contribution in [2.24, 2.45) is 0 Å². The lowest BCUT2D eigenvalue weighted by molar-refractivity contribution is 0.103. The minimum atomic E-state index is -3.70. The molecule has 0 unspecified atom stereocenters. The van der Waals surface area contributed by atoms with E-state index in [1.165, 1.54) is 15.6 Å². The fourth-order valence-electron chi connectivity index (χ4n) is 3.80. The average Bonchev–Trinajstić information content (AvgIpc) is 3.24. The molecule has 4 rings (SSSR count). The monoisotopic (exact) mass is 492 g/mol. The van der Waals surface area contributed by atoms with E-state index in [9.17, 15) is 13.2 Å². The quantitative estimate of drug-likeness (QED) is 0.313. The molecule has 1 amide bonds. The van der Waals surface area contributed by atoms with Crippen LogP contribution in [0.15, 0.2) is 71.6 Å². The summed E-state index contributed by atoms with van der Waals surface area (Å²) in [6, 6.07) is 20.1. The van der Waals surface area contributed by atoms with Gasteiger partial charge in [0.25, 0.3) is 15.9 Å². The zero-order valence-corrected chi connectivity index (χ0v) is 21.4. The van der Waals surface area contributed by atoms with Crippen LogP contribution in [0, 0.1) is 20.8 Å². The normalized spacial score (nSPS) is 11.5. The first kappa shape index (κ1) is 24.0. The van der Waals surface area contributed by atoms with E-state index in [1.54, 1.807) is 24.3 Å². The summed E-state index contributed by atoms with van der Waals surface area (Å²) in [5.74, 6) is -0.172. The maximum atomic E-state index is 13.4. The van der Waals surface area contributed by atoms with Gasteiger partial charge in [-0.25, -0.2) is 8.42 Å². The van der Waals surface area contributed by atoms with Crippen LogP contribution in [0.4, 0.5) is 11.4 Å². The molecular weight excluding hydrogens is 464 g/mol. The number of nitrogens with one attached hydrogen (secondary N) is 1. The zero-order valence-electron chi connectivity index (χ0n) is 19.8. The number of nitrogens with zero attached hydrogens (tertiary/aromatic N) is 1. The molecule has 0 atom stereocenters. The number of anilines is 2. The first-order valence-corrected chi connectivity index (χ1v) is 13.5. The Morgan fingerprint density at radius 3 is 2.41 bits per heavy atom. The molecule has 0 aliphatic heterocycles. The zero-order chi connectivity index (χ0) is 24.5. The number of rotatable bonds is 7. The predicted molar refractivity (Wildman–Crippen MR) is 142 cm³/mol. The van der Waals surface area contributed by atoms with Crippen molar-refractivity contribution in [3.8, 4) is 0 Å². The van der Waals surface area contributed by atoms with Crippen LogP contribution in [-0.4, -0.2) is 20.9 Å². The minimum Gasteiger partial charge on any atom is -0.321 e. The second-order valence-corrected chi connectivity index (χ2v) is 11.4. The third-order valence-corrected chi connectivity index (χ3v) is 8.86. The smallest absolute Gasteiger partial charge is 0.265 e. The number of hydrogen-bond donors (Lipinski definition) is 1. The summed E-state index contributed by atoms with van der Waals surface area (Å²) in [6.45, 7) is 8.25. The standard InChI is InChI=1S/C27H28N2O3S2/c1-5-15-29(34(31,32)23-12-9-18(2)10-13-23)22-11-14-25-21(16-22)17-26(33-25)27(30)28-24-8-6-7-19(3)20(24)4/h6-14,16-17H,5,15H2,1-4H3,(H,28,30). The molecule has 1 heterocycles. The Labute approximate surface area is 205 Å². The molecule has 3 aromatic carbocycles. The van der Waals surface area contributed by atoms with Gasteiger partial charge in [-0.2, -0.15) is 0 Å². The Bertz CT molecular complexity index is 1460. The Hall–Kier alpha value is -3.16. The fraction of sp³-hybridized carbons (Fsp3) is 0.222. The van der Waals surface area contributed by atoms with Crippen molar-refractivity contribution in [2.45, 2.75) is 39.0 Å². The number of sulfonamides is 1. The maximum absolute atomic E-state index is 13.4. The van der Waals surface area contributed by atoms with E-state index in [4.69, 9.17) is 0 Å². The van der Waals surface area contributed by atoms with Crippen molar-refractivity contribution in [1.82, 2.24) is 0 Å². The van der Waals surface area contributed by atoms with Gasteiger partial charge >= 0.3 is 0 Å². The molecule has 0 bridgehead atoms. The molecule has 0 aliphatic rings. The van der Waals surface area contributed by atoms with Crippen LogP contribution in [0.1, 0.15) is 39.7 Å². The summed E-state index contributed by atoms with van der Waals surface area (Å²) in [5.41, 5.74) is 4.54. The topological polar surface area (TPSA) is 66.5 Å². The van der Waals surface area contributed by atoms with Gasteiger partial charge in [-0.05, 0) is 86.2 Å². The van der Waals surface area contributed by atoms with Crippen LogP contribution in [0.25, 0.3) is 10.1 Å². The van der Waals surface area contributed by atoms with Gasteiger partial charge in [-0.15, -0.1) is 11.3 Å². The van der Waals surface area contributed by atoms with Gasteiger partial charge in [0, 0.05) is 16.9 Å². The van der Waals surface area contributed by atoms with Gasteiger partial charge in [0.1, 0.15) is 0 Å². The maximum Gasteiger partial charge on any atom is 0.265 e. The van der Waals surface area contributed by atoms with Crippen molar-refractivity contribution in [3.63, 3.8) is 0 Å². The van der Waals surface area contributed by atoms with Gasteiger partial charge in [-0.3, -0.25) is 9.10 Å². The highest BCUT2D eigenvalue weighted by Gasteiger charge is 2.25. The van der Waals surface area contributed by atoms with Crippen molar-refractivity contribution < 1.29 is 13.2 Å². The lowest BCUT2D eigenvalue weighted by Gasteiger charge is -2.24. The molecule has 0 aliphatic carbocycles. The van der Waals surface area contributed by atoms with Crippen LogP contribution >= 0.6 is 11.3 Å². The van der Waals surface area contributed by atoms with Gasteiger partial charge in [-0.1, -0.05) is 36.8 Å². The molecular formula is C27H28N2O3S2. The molecule has 176 valence electrons. The van der Waals surface area contributed by atoms with Crippen molar-refractivity contribution in [3.05, 3.63) is 88.3 Å². The van der Waals surface area contributed by atoms with Crippen molar-refractivity contribution in [2.75, 3.05) is 16.2 Å². The van der Waals surface area contributed by atoms with Crippen LogP contribution < -0.4 is 9.62 Å². The molecule has 34 heavy (non-hydrogen) atoms. The molecule has 0 fully saturated rings. The van der Waals surface area contributed by atoms with Crippen LogP contribution in [0.3, 0.4) is 0 Å². The number of carbonyl (C=O) groups is 1. The summed E-state index contributed by atoms with van der Waals surface area (Å²) in [5, 5.41) is 3.84. The second-order valence-electron chi connectivity index (χ2n) is 8.42. The lowest BCUT2D eigenvalue weighted by Crippen LogP contribution is -2.31. The van der Waals surface area contributed by atoms with E-state index >= 15 is 0 Å². The van der Waals surface area contributed by atoms with E-state index < -0.39 is 10.0 Å². The highest BCUT2D eigenvalue weighted by molar-refractivity contribution is 7.92. The molecule has 4 aromatic rings. The van der Waals surface area contributed by atoms with E-state index in [-0.39, 0.29) is 10.8 Å². The first-order chi connectivity index (χ1) is 16.2. The number of amides is 1. The number of fused-ring (bicyclic) bond motifs is 1. The largest absolute Gasteiger partial charge is 0.321 e. The SMILES string of the molecule is CCCN(c1ccc2sc(C(=O)Nc3cccc(C)c3C)cc2c1)S(=O)(=O)c1ccc(C)cc1. The third kappa shape index (κ3) is 4.72.